The number of carbonyl (C=O) groups is 2. The number of ketones is 2. The molecule has 3 aliphatic rings. The van der Waals surface area contributed by atoms with E-state index in [4.69, 9.17) is 0 Å². The minimum atomic E-state index is -0.102. The molecule has 0 aromatic carbocycles. The van der Waals surface area contributed by atoms with E-state index < -0.39 is 0 Å². The summed E-state index contributed by atoms with van der Waals surface area (Å²) in [5.74, 6) is 1.76. The van der Waals surface area contributed by atoms with Gasteiger partial charge in [-0.15, -0.1) is 0 Å². The summed E-state index contributed by atoms with van der Waals surface area (Å²) in [5, 5.41) is 0. The van der Waals surface area contributed by atoms with Crippen LogP contribution in [-0.2, 0) is 9.59 Å². The smallest absolute Gasteiger partial charge is 0.156 e. The van der Waals surface area contributed by atoms with Crippen molar-refractivity contribution in [2.24, 2.45) is 17.3 Å². The Morgan fingerprint density at radius 1 is 1.23 bits per heavy atom. The summed E-state index contributed by atoms with van der Waals surface area (Å²) in [7, 11) is 0. The predicted molar refractivity (Wildman–Crippen MR) is 88.5 cm³/mol. The molecular weight excluding hydrogens is 272 g/mol. The average molecular weight is 300 g/mol. The average Bonchev–Trinajstić information content (AvgIpc) is 2.52. The fraction of sp³-hybridized carbons (Fsp3) is 0.700. The first-order valence-corrected chi connectivity index (χ1v) is 9.00. The fourth-order valence-corrected chi connectivity index (χ4v) is 5.57. The van der Waals surface area contributed by atoms with Gasteiger partial charge < -0.3 is 0 Å². The second-order valence-electron chi connectivity index (χ2n) is 7.37. The third kappa shape index (κ3) is 2.23. The van der Waals surface area contributed by atoms with Gasteiger partial charge in [-0.1, -0.05) is 25.8 Å². The van der Waals surface area contributed by atoms with Gasteiger partial charge in [0.15, 0.2) is 5.78 Å². The van der Waals surface area contributed by atoms with Gasteiger partial charge in [0.25, 0.3) is 0 Å². The van der Waals surface area contributed by atoms with Crippen molar-refractivity contribution in [3.8, 4) is 0 Å². The monoisotopic (exact) mass is 300 g/mol. The second kappa shape index (κ2) is 5.79. The molecule has 0 spiro atoms. The van der Waals surface area contributed by atoms with Gasteiger partial charge >= 0.3 is 0 Å². The third-order valence-electron chi connectivity index (χ3n) is 6.71. The molecule has 0 bridgehead atoms. The topological polar surface area (TPSA) is 34.1 Å². The highest BCUT2D eigenvalue weighted by molar-refractivity contribution is 5.93. The van der Waals surface area contributed by atoms with Crippen molar-refractivity contribution in [2.75, 3.05) is 0 Å². The Morgan fingerprint density at radius 3 is 2.64 bits per heavy atom. The second-order valence-corrected chi connectivity index (χ2v) is 7.37. The molecule has 0 heterocycles. The van der Waals surface area contributed by atoms with E-state index in [9.17, 15) is 9.59 Å². The molecule has 0 aliphatic heterocycles. The van der Waals surface area contributed by atoms with Crippen molar-refractivity contribution >= 4 is 11.6 Å². The van der Waals surface area contributed by atoms with Crippen LogP contribution in [0.1, 0.15) is 72.1 Å². The predicted octanol–water partition coefficient (Wildman–Crippen LogP) is 4.79. The Bertz CT molecular complexity index is 566. The summed E-state index contributed by atoms with van der Waals surface area (Å²) in [6, 6.07) is 0. The molecule has 0 N–H and O–H groups in total. The number of hydrogen-bond acceptors (Lipinski definition) is 2. The van der Waals surface area contributed by atoms with Crippen LogP contribution in [0.3, 0.4) is 0 Å². The lowest BCUT2D eigenvalue weighted by molar-refractivity contribution is -0.133. The Hall–Kier alpha value is -1.18. The number of Topliss-reactive ketones (excluding diaryl/α,β-unsaturated/α-hetero) is 1. The van der Waals surface area contributed by atoms with E-state index in [1.54, 1.807) is 12.5 Å². The van der Waals surface area contributed by atoms with Crippen molar-refractivity contribution in [3.63, 3.8) is 0 Å². The van der Waals surface area contributed by atoms with Gasteiger partial charge in [0, 0.05) is 11.8 Å². The maximum Gasteiger partial charge on any atom is 0.156 e. The molecule has 22 heavy (non-hydrogen) atoms. The van der Waals surface area contributed by atoms with Crippen molar-refractivity contribution in [2.45, 2.75) is 72.1 Å². The number of rotatable bonds is 3. The largest absolute Gasteiger partial charge is 0.299 e. The zero-order valence-corrected chi connectivity index (χ0v) is 14.2. The number of fused-ring (bicyclic) bond motifs is 2. The van der Waals surface area contributed by atoms with Crippen LogP contribution in [0.5, 0.6) is 0 Å². The molecule has 3 atom stereocenters. The lowest BCUT2D eigenvalue weighted by Crippen LogP contribution is -2.45. The number of allylic oxidation sites excluding steroid dienone is 4. The van der Waals surface area contributed by atoms with Gasteiger partial charge in [-0.2, -0.15) is 0 Å². The fourth-order valence-electron chi connectivity index (χ4n) is 5.57. The molecule has 2 unspecified atom stereocenters. The highest BCUT2D eigenvalue weighted by Gasteiger charge is 2.49. The van der Waals surface area contributed by atoms with Crippen molar-refractivity contribution in [3.05, 3.63) is 22.8 Å². The van der Waals surface area contributed by atoms with E-state index in [1.165, 1.54) is 11.1 Å². The Balaban J connectivity index is 2.03. The molecule has 0 amide bonds. The van der Waals surface area contributed by atoms with Gasteiger partial charge in [0.05, 0.1) is 0 Å². The Morgan fingerprint density at radius 2 is 2.00 bits per heavy atom. The van der Waals surface area contributed by atoms with Gasteiger partial charge in [-0.25, -0.2) is 0 Å². The van der Waals surface area contributed by atoms with Crippen LogP contribution in [0.2, 0.25) is 0 Å². The first-order valence-electron chi connectivity index (χ1n) is 9.00. The SMILES string of the molecule is CCC1[C@@H]2CCC3=CC(=O)CCC3=C2CCC1(CC)C(C)=O. The van der Waals surface area contributed by atoms with Crippen LogP contribution >= 0.6 is 0 Å². The van der Waals surface area contributed by atoms with Gasteiger partial charge in [0.2, 0.25) is 0 Å². The van der Waals surface area contributed by atoms with Gasteiger partial charge in [0.1, 0.15) is 5.78 Å². The molecule has 1 fully saturated rings. The summed E-state index contributed by atoms with van der Waals surface area (Å²) in [6.45, 7) is 6.24. The van der Waals surface area contributed by atoms with Crippen LogP contribution < -0.4 is 0 Å². The van der Waals surface area contributed by atoms with E-state index in [-0.39, 0.29) is 5.41 Å². The van der Waals surface area contributed by atoms with Crippen LogP contribution in [0, 0.1) is 17.3 Å². The maximum atomic E-state index is 12.4. The van der Waals surface area contributed by atoms with Crippen molar-refractivity contribution < 1.29 is 9.59 Å². The van der Waals surface area contributed by atoms with Gasteiger partial charge in [-0.3, -0.25) is 9.59 Å². The zero-order chi connectivity index (χ0) is 15.9. The van der Waals surface area contributed by atoms with Crippen LogP contribution in [0.15, 0.2) is 22.8 Å². The van der Waals surface area contributed by atoms with Gasteiger partial charge in [-0.05, 0) is 74.5 Å². The van der Waals surface area contributed by atoms with E-state index in [1.807, 2.05) is 6.08 Å². The molecule has 3 aliphatic carbocycles. The lowest BCUT2D eigenvalue weighted by Gasteiger charge is -2.50. The highest BCUT2D eigenvalue weighted by atomic mass is 16.1. The molecule has 120 valence electrons. The molecule has 0 radical (unpaired) electrons. The summed E-state index contributed by atoms with van der Waals surface area (Å²) >= 11 is 0. The molecule has 1 saturated carbocycles. The minimum absolute atomic E-state index is 0.102. The number of carbonyl (C=O) groups excluding carboxylic acids is 2. The minimum Gasteiger partial charge on any atom is -0.299 e. The quantitative estimate of drug-likeness (QED) is 0.751. The maximum absolute atomic E-state index is 12.4. The van der Waals surface area contributed by atoms with Crippen LogP contribution in [-0.4, -0.2) is 11.6 Å². The molecule has 2 nitrogen and oxygen atoms in total. The molecular formula is C20H28O2. The summed E-state index contributed by atoms with van der Waals surface area (Å²) in [5.41, 5.74) is 4.30. The van der Waals surface area contributed by atoms with Crippen LogP contribution in [0.4, 0.5) is 0 Å². The van der Waals surface area contributed by atoms with E-state index in [0.29, 0.717) is 29.8 Å². The highest BCUT2D eigenvalue weighted by Crippen LogP contribution is 2.56. The first-order chi connectivity index (χ1) is 10.5. The normalized spacial score (nSPS) is 34.9. The molecule has 0 aromatic rings. The zero-order valence-electron chi connectivity index (χ0n) is 14.2. The first kappa shape index (κ1) is 15.7. The van der Waals surface area contributed by atoms with Crippen molar-refractivity contribution in [1.82, 2.24) is 0 Å². The summed E-state index contributed by atoms with van der Waals surface area (Å²) in [4.78, 5) is 24.1. The van der Waals surface area contributed by atoms with Crippen molar-refractivity contribution in [1.29, 1.82) is 0 Å². The van der Waals surface area contributed by atoms with Crippen LogP contribution in [0.25, 0.3) is 0 Å². The Kier molecular flexibility index (Phi) is 4.13. The number of hydrogen-bond donors (Lipinski definition) is 0. The van der Waals surface area contributed by atoms with E-state index in [2.05, 4.69) is 13.8 Å². The third-order valence-corrected chi connectivity index (χ3v) is 6.71. The molecule has 2 heteroatoms. The standard InChI is InChI=1S/C20H28O2/c1-4-19-18-8-6-14-12-15(22)7-9-16(14)17(18)10-11-20(19,5-2)13(3)21/h12,18-19H,4-11H2,1-3H3/t18-,19?,20?/m1/s1. The van der Waals surface area contributed by atoms with E-state index in [0.717, 1.165) is 44.9 Å². The molecule has 0 saturated heterocycles. The molecule has 0 aromatic heterocycles. The van der Waals surface area contributed by atoms with E-state index >= 15 is 0 Å². The molecule has 3 rings (SSSR count). The Labute approximate surface area is 134 Å². The lowest BCUT2D eigenvalue weighted by atomic mass is 9.53. The summed E-state index contributed by atoms with van der Waals surface area (Å²) in [6.07, 6.45) is 9.81. The summed E-state index contributed by atoms with van der Waals surface area (Å²) < 4.78 is 0.